The van der Waals surface area contributed by atoms with Crippen LogP contribution in [0.2, 0.25) is 0 Å². The lowest BCUT2D eigenvalue weighted by Gasteiger charge is -2.00. The molecule has 2 heterocycles. The van der Waals surface area contributed by atoms with Crippen molar-refractivity contribution in [2.75, 3.05) is 5.73 Å². The van der Waals surface area contributed by atoms with Crippen molar-refractivity contribution < 1.29 is 0 Å². The molecule has 0 unspecified atom stereocenters. The van der Waals surface area contributed by atoms with E-state index in [-0.39, 0.29) is 5.82 Å². The minimum atomic E-state index is 0.269. The van der Waals surface area contributed by atoms with Crippen LogP contribution in [0.3, 0.4) is 0 Å². The maximum Gasteiger partial charge on any atom is 0.142 e. The molecule has 0 saturated heterocycles. The number of aromatic nitrogens is 2. The fourth-order valence-electron chi connectivity index (χ4n) is 1.46. The molecule has 0 aliphatic carbocycles. The van der Waals surface area contributed by atoms with Crippen molar-refractivity contribution in [2.24, 2.45) is 0 Å². The first-order valence-corrected chi connectivity index (χ1v) is 5.54. The summed E-state index contributed by atoms with van der Waals surface area (Å²) >= 11 is 1.58. The molecular weight excluding hydrogens is 220 g/mol. The highest BCUT2D eigenvalue weighted by Gasteiger charge is 2.10. The lowest BCUT2D eigenvalue weighted by Crippen LogP contribution is -1.95. The number of aryl methyl sites for hydroxylation is 2. The van der Waals surface area contributed by atoms with Crippen LogP contribution < -0.4 is 5.73 Å². The summed E-state index contributed by atoms with van der Waals surface area (Å²) in [5.74, 6) is 0.269. The highest BCUT2D eigenvalue weighted by molar-refractivity contribution is 7.15. The normalized spacial score (nSPS) is 10.1. The second kappa shape index (κ2) is 3.91. The molecule has 0 bridgehead atoms. The number of anilines is 1. The largest absolute Gasteiger partial charge is 0.383 e. The second-order valence-electron chi connectivity index (χ2n) is 3.39. The number of nitrogen functional groups attached to an aromatic ring is 1. The molecule has 0 aliphatic rings. The summed E-state index contributed by atoms with van der Waals surface area (Å²) in [6.45, 7) is 3.89. The summed E-state index contributed by atoms with van der Waals surface area (Å²) in [5.41, 5.74) is 7.80. The van der Waals surface area contributed by atoms with E-state index in [4.69, 9.17) is 11.0 Å². The predicted molar refractivity (Wildman–Crippen MR) is 63.9 cm³/mol. The molecule has 2 N–H and O–H groups in total. The Labute approximate surface area is 97.4 Å². The van der Waals surface area contributed by atoms with Gasteiger partial charge < -0.3 is 5.73 Å². The zero-order chi connectivity index (χ0) is 11.7. The highest BCUT2D eigenvalue weighted by Crippen LogP contribution is 2.29. The third kappa shape index (κ3) is 1.75. The summed E-state index contributed by atoms with van der Waals surface area (Å²) < 4.78 is 0. The van der Waals surface area contributed by atoms with Gasteiger partial charge in [-0.2, -0.15) is 5.26 Å². The number of pyridine rings is 1. The monoisotopic (exact) mass is 230 g/mol. The summed E-state index contributed by atoms with van der Waals surface area (Å²) in [6.07, 6.45) is 0. The van der Waals surface area contributed by atoms with Crippen LogP contribution in [0.1, 0.15) is 16.3 Å². The topological polar surface area (TPSA) is 75.6 Å². The van der Waals surface area contributed by atoms with Crippen LogP contribution in [0.15, 0.2) is 12.1 Å². The first-order valence-electron chi connectivity index (χ1n) is 4.73. The van der Waals surface area contributed by atoms with Crippen molar-refractivity contribution in [3.05, 3.63) is 28.4 Å². The van der Waals surface area contributed by atoms with E-state index in [0.717, 1.165) is 21.3 Å². The number of rotatable bonds is 1. The van der Waals surface area contributed by atoms with Gasteiger partial charge in [-0.15, -0.1) is 11.3 Å². The molecule has 0 aliphatic heterocycles. The van der Waals surface area contributed by atoms with Crippen molar-refractivity contribution >= 4 is 17.2 Å². The molecule has 0 fully saturated rings. The van der Waals surface area contributed by atoms with E-state index in [0.29, 0.717) is 5.56 Å². The molecule has 0 atom stereocenters. The summed E-state index contributed by atoms with van der Waals surface area (Å²) in [4.78, 5) is 9.55. The third-order valence-electron chi connectivity index (χ3n) is 2.18. The first-order chi connectivity index (χ1) is 7.61. The number of nitriles is 1. The van der Waals surface area contributed by atoms with Crippen molar-refractivity contribution in [3.63, 3.8) is 0 Å². The van der Waals surface area contributed by atoms with E-state index < -0.39 is 0 Å². The molecule has 16 heavy (non-hydrogen) atoms. The van der Waals surface area contributed by atoms with Crippen LogP contribution in [0.5, 0.6) is 0 Å². The van der Waals surface area contributed by atoms with Crippen LogP contribution >= 0.6 is 11.3 Å². The molecular formula is C11H10N4S. The van der Waals surface area contributed by atoms with E-state index >= 15 is 0 Å². The lowest BCUT2D eigenvalue weighted by molar-refractivity contribution is 1.19. The molecule has 0 radical (unpaired) electrons. The van der Waals surface area contributed by atoms with Crippen molar-refractivity contribution in [3.8, 4) is 16.6 Å². The summed E-state index contributed by atoms with van der Waals surface area (Å²) in [6, 6.07) is 5.48. The Bertz CT molecular complexity index is 580. The molecule has 80 valence electrons. The molecule has 0 amide bonds. The number of nitrogens with two attached hydrogens (primary N) is 1. The van der Waals surface area contributed by atoms with Gasteiger partial charge in [0.05, 0.1) is 26.8 Å². The highest BCUT2D eigenvalue weighted by atomic mass is 32.1. The van der Waals surface area contributed by atoms with Crippen LogP contribution in [-0.2, 0) is 0 Å². The van der Waals surface area contributed by atoms with Crippen LogP contribution in [0.4, 0.5) is 5.82 Å². The van der Waals surface area contributed by atoms with Crippen molar-refractivity contribution in [2.45, 2.75) is 13.8 Å². The molecule has 2 rings (SSSR count). The van der Waals surface area contributed by atoms with E-state index in [1.807, 2.05) is 19.9 Å². The van der Waals surface area contributed by atoms with Crippen molar-refractivity contribution in [1.82, 2.24) is 9.97 Å². The molecule has 2 aromatic heterocycles. The van der Waals surface area contributed by atoms with Gasteiger partial charge in [0.15, 0.2) is 0 Å². The van der Waals surface area contributed by atoms with Crippen LogP contribution in [0, 0.1) is 25.2 Å². The zero-order valence-corrected chi connectivity index (χ0v) is 9.80. The number of hydrogen-bond acceptors (Lipinski definition) is 5. The van der Waals surface area contributed by atoms with Crippen LogP contribution in [0.25, 0.3) is 10.6 Å². The molecule has 0 spiro atoms. The SMILES string of the molecule is Cc1nc(C)c(-c2ccc(C#N)c(N)n2)s1. The number of thiazole rings is 1. The quantitative estimate of drug-likeness (QED) is 0.815. The standard InChI is InChI=1S/C11H10N4S/c1-6-10(16-7(2)14-6)9-4-3-8(5-12)11(13)15-9/h3-4H,1-2H3,(H2,13,15). The van der Waals surface area contributed by atoms with Gasteiger partial charge in [-0.3, -0.25) is 0 Å². The Kier molecular flexibility index (Phi) is 2.59. The Morgan fingerprint density at radius 2 is 2.06 bits per heavy atom. The van der Waals surface area contributed by atoms with Gasteiger partial charge in [0.2, 0.25) is 0 Å². The Morgan fingerprint density at radius 3 is 2.56 bits per heavy atom. The van der Waals surface area contributed by atoms with Gasteiger partial charge in [0, 0.05) is 0 Å². The second-order valence-corrected chi connectivity index (χ2v) is 4.59. The number of nitrogens with zero attached hydrogens (tertiary/aromatic N) is 3. The van der Waals surface area contributed by atoms with E-state index in [1.54, 1.807) is 23.5 Å². The minimum Gasteiger partial charge on any atom is -0.383 e. The lowest BCUT2D eigenvalue weighted by atomic mass is 10.2. The maximum absolute atomic E-state index is 8.76. The summed E-state index contributed by atoms with van der Waals surface area (Å²) in [5, 5.41) is 9.76. The number of hydrogen-bond donors (Lipinski definition) is 1. The molecule has 0 saturated carbocycles. The van der Waals surface area contributed by atoms with Crippen LogP contribution in [-0.4, -0.2) is 9.97 Å². The fourth-order valence-corrected chi connectivity index (χ4v) is 2.35. The average Bonchev–Trinajstić information content (AvgIpc) is 2.58. The fraction of sp³-hybridized carbons (Fsp3) is 0.182. The Balaban J connectivity index is 2.54. The maximum atomic E-state index is 8.76. The van der Waals surface area contributed by atoms with E-state index in [9.17, 15) is 0 Å². The van der Waals surface area contributed by atoms with E-state index in [1.165, 1.54) is 0 Å². The molecule has 0 aromatic carbocycles. The molecule has 4 nitrogen and oxygen atoms in total. The summed E-state index contributed by atoms with van der Waals surface area (Å²) in [7, 11) is 0. The Hall–Kier alpha value is -1.93. The Morgan fingerprint density at radius 1 is 1.31 bits per heavy atom. The molecule has 2 aromatic rings. The average molecular weight is 230 g/mol. The third-order valence-corrected chi connectivity index (χ3v) is 3.28. The molecule has 5 heteroatoms. The van der Waals surface area contributed by atoms with Gasteiger partial charge in [-0.1, -0.05) is 0 Å². The van der Waals surface area contributed by atoms with Gasteiger partial charge in [0.25, 0.3) is 0 Å². The first kappa shape index (κ1) is 10.6. The van der Waals surface area contributed by atoms with E-state index in [2.05, 4.69) is 9.97 Å². The van der Waals surface area contributed by atoms with Gasteiger partial charge >= 0.3 is 0 Å². The van der Waals surface area contributed by atoms with Crippen molar-refractivity contribution in [1.29, 1.82) is 5.26 Å². The predicted octanol–water partition coefficient (Wildman–Crippen LogP) is 2.28. The van der Waals surface area contributed by atoms with Gasteiger partial charge in [-0.05, 0) is 26.0 Å². The van der Waals surface area contributed by atoms with Gasteiger partial charge in [0.1, 0.15) is 11.9 Å². The minimum absolute atomic E-state index is 0.269. The smallest absolute Gasteiger partial charge is 0.142 e. The van der Waals surface area contributed by atoms with Gasteiger partial charge in [-0.25, -0.2) is 9.97 Å². The zero-order valence-electron chi connectivity index (χ0n) is 8.98.